The lowest BCUT2D eigenvalue weighted by Crippen LogP contribution is -2.51. The van der Waals surface area contributed by atoms with Crippen LogP contribution in [0.1, 0.15) is 37.7 Å². The lowest BCUT2D eigenvalue weighted by molar-refractivity contribution is -0.274. The number of amides is 1. The summed E-state index contributed by atoms with van der Waals surface area (Å²) in [6, 6.07) is 7.62. The van der Waals surface area contributed by atoms with Crippen molar-refractivity contribution in [2.24, 2.45) is 5.41 Å². The minimum absolute atomic E-state index is 0.0737. The first-order valence-electron chi connectivity index (χ1n) is 8.90. The Balaban J connectivity index is 1.69. The normalized spacial score (nSPS) is 29.6. The van der Waals surface area contributed by atoms with Crippen molar-refractivity contribution in [3.8, 4) is 0 Å². The Kier molecular flexibility index (Phi) is 5.05. The van der Waals surface area contributed by atoms with Crippen molar-refractivity contribution in [2.75, 3.05) is 25.2 Å². The number of benzene rings is 1. The molecule has 7 heteroatoms. The van der Waals surface area contributed by atoms with Crippen LogP contribution in [0, 0.1) is 5.41 Å². The van der Waals surface area contributed by atoms with E-state index in [0.717, 1.165) is 17.7 Å². The van der Waals surface area contributed by atoms with Gasteiger partial charge in [0.05, 0.1) is 12.0 Å². The van der Waals surface area contributed by atoms with Gasteiger partial charge in [-0.2, -0.15) is 13.2 Å². The van der Waals surface area contributed by atoms with Crippen molar-refractivity contribution in [3.05, 3.63) is 29.8 Å². The Morgan fingerprint density at radius 1 is 1.12 bits per heavy atom. The topological polar surface area (TPSA) is 49.8 Å². The Bertz CT molecular complexity index is 649. The van der Waals surface area contributed by atoms with E-state index in [1.807, 2.05) is 24.3 Å². The first-order valence-corrected chi connectivity index (χ1v) is 8.90. The molecule has 3 rings (SSSR count). The van der Waals surface area contributed by atoms with Crippen molar-refractivity contribution in [1.82, 2.24) is 0 Å². The monoisotopic (exact) mass is 371 g/mol. The largest absolute Gasteiger partial charge is 0.417 e. The van der Waals surface area contributed by atoms with E-state index >= 15 is 0 Å². The second kappa shape index (κ2) is 6.85. The molecule has 1 aromatic carbocycles. The minimum Gasteiger partial charge on any atom is -0.384 e. The van der Waals surface area contributed by atoms with Gasteiger partial charge < -0.3 is 14.7 Å². The maximum atomic E-state index is 13.0. The van der Waals surface area contributed by atoms with Gasteiger partial charge in [-0.15, -0.1) is 0 Å². The zero-order valence-electron chi connectivity index (χ0n) is 14.8. The molecule has 2 fully saturated rings. The quantitative estimate of drug-likeness (QED) is 0.882. The summed E-state index contributed by atoms with van der Waals surface area (Å²) in [6.07, 6.45) is -4.00. The molecular formula is C19H24F3NO3. The molecule has 4 nitrogen and oxygen atoms in total. The van der Waals surface area contributed by atoms with Crippen molar-refractivity contribution >= 4 is 11.6 Å². The fourth-order valence-corrected chi connectivity index (χ4v) is 4.02. The van der Waals surface area contributed by atoms with E-state index in [4.69, 9.17) is 4.74 Å². The predicted octanol–water partition coefficient (Wildman–Crippen LogP) is 3.47. The molecule has 26 heavy (non-hydrogen) atoms. The standard InChI is InChI=1S/C19H24F3NO3/c1-26-13-6-14-2-4-15(5-3-14)23-12-11-17(16(23)24)7-9-18(25,10-8-17)19(20,21)22/h2-5,25H,6-13H2,1H3/t17-,18+. The molecule has 1 saturated heterocycles. The van der Waals surface area contributed by atoms with Crippen LogP contribution in [0.3, 0.4) is 0 Å². The van der Waals surface area contributed by atoms with Crippen molar-refractivity contribution in [2.45, 2.75) is 50.3 Å². The molecule has 1 aromatic rings. The number of hydrogen-bond donors (Lipinski definition) is 1. The van der Waals surface area contributed by atoms with Gasteiger partial charge in [-0.05, 0) is 56.2 Å². The fraction of sp³-hybridized carbons (Fsp3) is 0.632. The third-order valence-electron chi connectivity index (χ3n) is 5.92. The Hall–Kier alpha value is -1.60. The summed E-state index contributed by atoms with van der Waals surface area (Å²) in [7, 11) is 1.64. The van der Waals surface area contributed by atoms with E-state index in [0.29, 0.717) is 19.6 Å². The molecule has 1 amide bonds. The van der Waals surface area contributed by atoms with E-state index in [2.05, 4.69) is 0 Å². The highest BCUT2D eigenvalue weighted by molar-refractivity contribution is 6.00. The molecule has 1 aliphatic heterocycles. The number of halogens is 3. The number of methoxy groups -OCH3 is 1. The molecule has 1 aliphatic carbocycles. The predicted molar refractivity (Wildman–Crippen MR) is 90.9 cm³/mol. The second-order valence-corrected chi connectivity index (χ2v) is 7.43. The lowest BCUT2D eigenvalue weighted by atomic mass is 9.67. The molecule has 144 valence electrons. The second-order valence-electron chi connectivity index (χ2n) is 7.43. The fourth-order valence-electron chi connectivity index (χ4n) is 4.02. The van der Waals surface area contributed by atoms with Crippen LogP contribution in [0.2, 0.25) is 0 Å². The van der Waals surface area contributed by atoms with Crippen LogP contribution in [-0.4, -0.2) is 43.1 Å². The summed E-state index contributed by atoms with van der Waals surface area (Å²) in [5.41, 5.74) is -1.56. The number of alkyl halides is 3. The molecular weight excluding hydrogens is 347 g/mol. The van der Waals surface area contributed by atoms with Crippen LogP contribution < -0.4 is 4.90 Å². The van der Waals surface area contributed by atoms with Gasteiger partial charge in [0, 0.05) is 19.3 Å². The third-order valence-corrected chi connectivity index (χ3v) is 5.92. The number of nitrogens with zero attached hydrogens (tertiary/aromatic N) is 1. The Morgan fingerprint density at radius 2 is 1.73 bits per heavy atom. The number of hydrogen-bond acceptors (Lipinski definition) is 3. The highest BCUT2D eigenvalue weighted by atomic mass is 19.4. The van der Waals surface area contributed by atoms with Crippen LogP contribution in [-0.2, 0) is 16.0 Å². The average molecular weight is 371 g/mol. The van der Waals surface area contributed by atoms with Gasteiger partial charge in [0.2, 0.25) is 5.91 Å². The number of carbonyl (C=O) groups excluding carboxylic acids is 1. The SMILES string of the molecule is COCCc1ccc(N2CC[C@]3(CC[C@@](O)(C(F)(F)F)CC3)C2=O)cc1. The summed E-state index contributed by atoms with van der Waals surface area (Å²) in [6.45, 7) is 1.12. The van der Waals surface area contributed by atoms with Gasteiger partial charge in [-0.25, -0.2) is 0 Å². The summed E-state index contributed by atoms with van der Waals surface area (Å²) >= 11 is 0. The molecule has 1 N–H and O–H groups in total. The number of carbonyl (C=O) groups is 1. The zero-order valence-corrected chi connectivity index (χ0v) is 14.8. The molecule has 2 aliphatic rings. The summed E-state index contributed by atoms with van der Waals surface area (Å²) in [5.74, 6) is -0.119. The van der Waals surface area contributed by atoms with Crippen LogP contribution in [0.15, 0.2) is 24.3 Å². The zero-order chi connectivity index (χ0) is 19.0. The molecule has 0 aromatic heterocycles. The molecule has 1 heterocycles. The first-order chi connectivity index (χ1) is 12.2. The van der Waals surface area contributed by atoms with Crippen LogP contribution in [0.5, 0.6) is 0 Å². The van der Waals surface area contributed by atoms with Crippen molar-refractivity contribution < 1.29 is 27.8 Å². The van der Waals surface area contributed by atoms with Gasteiger partial charge in [0.25, 0.3) is 0 Å². The first kappa shape index (κ1) is 19.2. The maximum absolute atomic E-state index is 13.0. The molecule has 1 spiro atoms. The highest BCUT2D eigenvalue weighted by Crippen LogP contribution is 2.52. The van der Waals surface area contributed by atoms with Gasteiger partial charge >= 0.3 is 6.18 Å². The highest BCUT2D eigenvalue weighted by Gasteiger charge is 2.60. The molecule has 1 saturated carbocycles. The van der Waals surface area contributed by atoms with Crippen molar-refractivity contribution in [3.63, 3.8) is 0 Å². The van der Waals surface area contributed by atoms with Gasteiger partial charge in [-0.1, -0.05) is 12.1 Å². The lowest BCUT2D eigenvalue weighted by Gasteiger charge is -2.41. The summed E-state index contributed by atoms with van der Waals surface area (Å²) in [5, 5.41) is 9.86. The number of rotatable bonds is 4. The minimum atomic E-state index is -4.64. The summed E-state index contributed by atoms with van der Waals surface area (Å²) < 4.78 is 44.1. The van der Waals surface area contributed by atoms with Crippen molar-refractivity contribution in [1.29, 1.82) is 0 Å². The van der Waals surface area contributed by atoms with Gasteiger partial charge in [0.1, 0.15) is 0 Å². The molecule has 0 unspecified atom stereocenters. The average Bonchev–Trinajstić information content (AvgIpc) is 2.92. The van der Waals surface area contributed by atoms with E-state index in [9.17, 15) is 23.1 Å². The summed E-state index contributed by atoms with van der Waals surface area (Å²) in [4.78, 5) is 14.6. The van der Waals surface area contributed by atoms with Crippen LogP contribution in [0.4, 0.5) is 18.9 Å². The molecule has 0 bridgehead atoms. The third kappa shape index (κ3) is 3.34. The number of aliphatic hydroxyl groups is 1. The van der Waals surface area contributed by atoms with E-state index in [1.165, 1.54) is 0 Å². The van der Waals surface area contributed by atoms with E-state index < -0.39 is 30.0 Å². The van der Waals surface area contributed by atoms with Gasteiger partial charge in [0.15, 0.2) is 5.60 Å². The Labute approximate surface area is 150 Å². The van der Waals surface area contributed by atoms with Crippen LogP contribution >= 0.6 is 0 Å². The maximum Gasteiger partial charge on any atom is 0.417 e. The molecule has 0 radical (unpaired) electrons. The van der Waals surface area contributed by atoms with Crippen LogP contribution in [0.25, 0.3) is 0 Å². The number of anilines is 1. The van der Waals surface area contributed by atoms with E-state index in [-0.39, 0.29) is 18.7 Å². The Morgan fingerprint density at radius 3 is 2.27 bits per heavy atom. The number of ether oxygens (including phenoxy) is 1. The van der Waals surface area contributed by atoms with Gasteiger partial charge in [-0.3, -0.25) is 4.79 Å². The smallest absolute Gasteiger partial charge is 0.384 e. The van der Waals surface area contributed by atoms with E-state index in [1.54, 1.807) is 12.0 Å². The molecule has 0 atom stereocenters.